The van der Waals surface area contributed by atoms with Gasteiger partial charge in [-0.25, -0.2) is 4.98 Å². The Morgan fingerprint density at radius 1 is 1.23 bits per heavy atom. The summed E-state index contributed by atoms with van der Waals surface area (Å²) in [6, 6.07) is 10.7. The number of ether oxygens (including phenoxy) is 2. The molecule has 0 bridgehead atoms. The molecule has 2 N–H and O–H groups in total. The third-order valence-electron chi connectivity index (χ3n) is 3.09. The summed E-state index contributed by atoms with van der Waals surface area (Å²) in [4.78, 5) is 15.7. The molecular weight excluding hydrogens is 280 g/mol. The minimum atomic E-state index is -0.675. The van der Waals surface area contributed by atoms with Gasteiger partial charge < -0.3 is 15.2 Å². The van der Waals surface area contributed by atoms with Crippen molar-refractivity contribution in [1.29, 1.82) is 0 Å². The van der Waals surface area contributed by atoms with E-state index < -0.39 is 12.0 Å². The second kappa shape index (κ2) is 7.56. The first-order valence-electron chi connectivity index (χ1n) is 7.20. The minimum absolute atomic E-state index is 0.327. The number of esters is 1. The molecule has 0 spiro atoms. The summed E-state index contributed by atoms with van der Waals surface area (Å²) >= 11 is 0. The van der Waals surface area contributed by atoms with Gasteiger partial charge in [-0.2, -0.15) is 0 Å². The topological polar surface area (TPSA) is 74.4 Å². The lowest BCUT2D eigenvalue weighted by atomic mass is 10.1. The van der Waals surface area contributed by atoms with Crippen molar-refractivity contribution in [3.05, 3.63) is 53.7 Å². The number of benzene rings is 1. The zero-order valence-corrected chi connectivity index (χ0v) is 12.8. The van der Waals surface area contributed by atoms with Crippen LogP contribution in [0.5, 0.6) is 11.6 Å². The molecule has 0 aliphatic heterocycles. The third kappa shape index (κ3) is 4.56. The predicted molar refractivity (Wildman–Crippen MR) is 83.8 cm³/mol. The highest BCUT2D eigenvalue weighted by Gasteiger charge is 2.15. The van der Waals surface area contributed by atoms with Crippen LogP contribution in [0.25, 0.3) is 0 Å². The van der Waals surface area contributed by atoms with E-state index in [1.165, 1.54) is 5.56 Å². The highest BCUT2D eigenvalue weighted by molar-refractivity contribution is 5.75. The molecule has 0 saturated heterocycles. The number of aromatic nitrogens is 1. The first-order valence-corrected chi connectivity index (χ1v) is 7.20. The predicted octanol–water partition coefficient (Wildman–Crippen LogP) is 2.62. The van der Waals surface area contributed by atoms with Gasteiger partial charge >= 0.3 is 5.97 Å². The Balaban J connectivity index is 1.95. The maximum atomic E-state index is 11.5. The van der Waals surface area contributed by atoms with Crippen molar-refractivity contribution in [2.45, 2.75) is 26.3 Å². The normalized spacial score (nSPS) is 11.8. The van der Waals surface area contributed by atoms with Crippen molar-refractivity contribution in [3.8, 4) is 11.6 Å². The molecule has 1 unspecified atom stereocenters. The molecule has 22 heavy (non-hydrogen) atoms. The number of hydrogen-bond donors (Lipinski definition) is 1. The van der Waals surface area contributed by atoms with Crippen LogP contribution >= 0.6 is 0 Å². The number of nitrogens with two attached hydrogens (primary N) is 1. The molecule has 2 aromatic rings. The number of carbonyl (C=O) groups excluding carboxylic acids is 1. The average Bonchev–Trinajstić information content (AvgIpc) is 2.51. The molecule has 1 aromatic carbocycles. The molecule has 116 valence electrons. The van der Waals surface area contributed by atoms with Gasteiger partial charge in [0.2, 0.25) is 5.88 Å². The van der Waals surface area contributed by atoms with E-state index >= 15 is 0 Å². The van der Waals surface area contributed by atoms with Gasteiger partial charge in [-0.15, -0.1) is 0 Å². The Hall–Kier alpha value is -2.40. The van der Waals surface area contributed by atoms with Crippen molar-refractivity contribution in [1.82, 2.24) is 4.98 Å². The summed E-state index contributed by atoms with van der Waals surface area (Å²) < 4.78 is 10.5. The summed E-state index contributed by atoms with van der Waals surface area (Å²) in [6.07, 6.45) is 2.04. The van der Waals surface area contributed by atoms with Crippen LogP contribution in [-0.4, -0.2) is 23.6 Å². The smallest absolute Gasteiger partial charge is 0.323 e. The van der Waals surface area contributed by atoms with Gasteiger partial charge in [-0.1, -0.05) is 23.8 Å². The highest BCUT2D eigenvalue weighted by atomic mass is 16.5. The molecule has 1 heterocycles. The van der Waals surface area contributed by atoms with Gasteiger partial charge in [0.05, 0.1) is 6.61 Å². The fourth-order valence-corrected chi connectivity index (χ4v) is 1.91. The van der Waals surface area contributed by atoms with Gasteiger partial charge in [-0.3, -0.25) is 4.79 Å². The number of carbonyl (C=O) groups is 1. The highest BCUT2D eigenvalue weighted by Crippen LogP contribution is 2.19. The fraction of sp³-hybridized carbons (Fsp3) is 0.294. The first kappa shape index (κ1) is 16.0. The Kier molecular flexibility index (Phi) is 5.49. The summed E-state index contributed by atoms with van der Waals surface area (Å²) in [6.45, 7) is 4.10. The van der Waals surface area contributed by atoms with Crippen molar-refractivity contribution < 1.29 is 14.3 Å². The van der Waals surface area contributed by atoms with Crippen molar-refractivity contribution >= 4 is 5.97 Å². The van der Waals surface area contributed by atoms with Crippen LogP contribution in [0, 0.1) is 6.92 Å². The lowest BCUT2D eigenvalue weighted by Crippen LogP contribution is -2.34. The molecule has 5 heteroatoms. The molecule has 2 rings (SSSR count). The maximum Gasteiger partial charge on any atom is 0.323 e. The molecule has 1 aromatic heterocycles. The van der Waals surface area contributed by atoms with Crippen LogP contribution in [0.15, 0.2) is 42.6 Å². The van der Waals surface area contributed by atoms with Crippen LogP contribution in [0.1, 0.15) is 18.1 Å². The SMILES string of the molecule is CCOC(=O)C(N)Cc1ccc(Oc2ccc(C)cc2)nc1. The van der Waals surface area contributed by atoms with Gasteiger partial charge in [-0.05, 0) is 38.0 Å². The van der Waals surface area contributed by atoms with E-state index in [4.69, 9.17) is 15.2 Å². The van der Waals surface area contributed by atoms with Crippen molar-refractivity contribution in [2.24, 2.45) is 5.73 Å². The summed E-state index contributed by atoms with van der Waals surface area (Å²) in [5.41, 5.74) is 7.81. The number of hydrogen-bond acceptors (Lipinski definition) is 5. The lowest BCUT2D eigenvalue weighted by Gasteiger charge is -2.10. The largest absolute Gasteiger partial charge is 0.465 e. The molecule has 0 radical (unpaired) electrons. The quantitative estimate of drug-likeness (QED) is 0.830. The molecule has 5 nitrogen and oxygen atoms in total. The number of nitrogens with zero attached hydrogens (tertiary/aromatic N) is 1. The zero-order valence-electron chi connectivity index (χ0n) is 12.8. The Morgan fingerprint density at radius 2 is 1.95 bits per heavy atom. The summed E-state index contributed by atoms with van der Waals surface area (Å²) in [5, 5.41) is 0. The standard InChI is InChI=1S/C17H20N2O3/c1-3-21-17(20)15(18)10-13-6-9-16(19-11-13)22-14-7-4-12(2)5-8-14/h4-9,11,15H,3,10,18H2,1-2H3. The van der Waals surface area contributed by atoms with Crippen LogP contribution in [0.4, 0.5) is 0 Å². The van der Waals surface area contributed by atoms with Crippen molar-refractivity contribution in [2.75, 3.05) is 6.61 Å². The molecule has 0 aliphatic rings. The maximum absolute atomic E-state index is 11.5. The molecule has 0 amide bonds. The Bertz CT molecular complexity index is 609. The van der Waals surface area contributed by atoms with Crippen LogP contribution in [0.2, 0.25) is 0 Å². The van der Waals surface area contributed by atoms with E-state index in [0.717, 1.165) is 11.3 Å². The number of aryl methyl sites for hydroxylation is 1. The Labute approximate surface area is 130 Å². The van der Waals surface area contributed by atoms with Crippen LogP contribution < -0.4 is 10.5 Å². The number of pyridine rings is 1. The van der Waals surface area contributed by atoms with E-state index in [1.807, 2.05) is 37.3 Å². The third-order valence-corrected chi connectivity index (χ3v) is 3.09. The second-order valence-corrected chi connectivity index (χ2v) is 4.98. The molecule has 0 saturated carbocycles. The van der Waals surface area contributed by atoms with Gasteiger partial charge in [0.15, 0.2) is 0 Å². The molecular formula is C17H20N2O3. The average molecular weight is 300 g/mol. The van der Waals surface area contributed by atoms with E-state index in [0.29, 0.717) is 18.9 Å². The number of rotatable bonds is 6. The van der Waals surface area contributed by atoms with E-state index in [2.05, 4.69) is 4.98 Å². The monoisotopic (exact) mass is 300 g/mol. The molecule has 0 fully saturated rings. The minimum Gasteiger partial charge on any atom is -0.465 e. The van der Waals surface area contributed by atoms with Gasteiger partial charge in [0, 0.05) is 12.3 Å². The molecule has 0 aliphatic carbocycles. The van der Waals surface area contributed by atoms with Gasteiger partial charge in [0.1, 0.15) is 11.8 Å². The van der Waals surface area contributed by atoms with Crippen molar-refractivity contribution in [3.63, 3.8) is 0 Å². The van der Waals surface area contributed by atoms with Crippen LogP contribution in [0.3, 0.4) is 0 Å². The summed E-state index contributed by atoms with van der Waals surface area (Å²) in [7, 11) is 0. The van der Waals surface area contributed by atoms with E-state index in [9.17, 15) is 4.79 Å². The van der Waals surface area contributed by atoms with Gasteiger partial charge in [0.25, 0.3) is 0 Å². The fourth-order valence-electron chi connectivity index (χ4n) is 1.91. The van der Waals surface area contributed by atoms with Crippen LogP contribution in [-0.2, 0) is 16.0 Å². The molecule has 1 atom stereocenters. The Morgan fingerprint density at radius 3 is 2.55 bits per heavy atom. The van der Waals surface area contributed by atoms with E-state index in [1.54, 1.807) is 19.2 Å². The second-order valence-electron chi connectivity index (χ2n) is 4.98. The zero-order chi connectivity index (χ0) is 15.9. The summed E-state index contributed by atoms with van der Waals surface area (Å²) in [5.74, 6) is 0.828. The first-order chi connectivity index (χ1) is 10.6. The lowest BCUT2D eigenvalue weighted by molar-refractivity contribution is -0.144. The van der Waals surface area contributed by atoms with E-state index in [-0.39, 0.29) is 0 Å².